The number of carbonyl (C=O) groups is 1. The van der Waals surface area contributed by atoms with Crippen LogP contribution in [0.15, 0.2) is 53.9 Å². The van der Waals surface area contributed by atoms with E-state index in [1.807, 2.05) is 32.9 Å². The Morgan fingerprint density at radius 2 is 1.57 bits per heavy atom. The van der Waals surface area contributed by atoms with E-state index in [0.717, 1.165) is 17.1 Å². The summed E-state index contributed by atoms with van der Waals surface area (Å²) in [6, 6.07) is 15.0. The molecule has 30 heavy (non-hydrogen) atoms. The van der Waals surface area contributed by atoms with E-state index >= 15 is 0 Å². The SMILES string of the molecule is Cc1ccc(CN(Cc2ccc(F)cc2)Cc2nc(C(=O)NC(C)(C)C)cs2)cc1. The second kappa shape index (κ2) is 9.49. The summed E-state index contributed by atoms with van der Waals surface area (Å²) in [6.07, 6.45) is 0. The lowest BCUT2D eigenvalue weighted by molar-refractivity contribution is 0.0914. The number of nitrogens with zero attached hydrogens (tertiary/aromatic N) is 2. The van der Waals surface area contributed by atoms with Crippen molar-refractivity contribution in [1.29, 1.82) is 0 Å². The molecule has 2 aromatic carbocycles. The quantitative estimate of drug-likeness (QED) is 0.557. The molecule has 0 atom stereocenters. The number of amides is 1. The Morgan fingerprint density at radius 1 is 1.00 bits per heavy atom. The molecule has 0 unspecified atom stereocenters. The van der Waals surface area contributed by atoms with E-state index < -0.39 is 0 Å². The fraction of sp³-hybridized carbons (Fsp3) is 0.333. The van der Waals surface area contributed by atoms with Crippen LogP contribution in [0.25, 0.3) is 0 Å². The minimum Gasteiger partial charge on any atom is -0.346 e. The van der Waals surface area contributed by atoms with E-state index in [1.165, 1.54) is 34.6 Å². The van der Waals surface area contributed by atoms with E-state index in [0.29, 0.717) is 18.8 Å². The van der Waals surface area contributed by atoms with Crippen LogP contribution in [-0.4, -0.2) is 21.3 Å². The second-order valence-electron chi connectivity index (χ2n) is 8.59. The zero-order valence-corrected chi connectivity index (χ0v) is 18.7. The molecule has 0 bridgehead atoms. The number of rotatable bonds is 7. The van der Waals surface area contributed by atoms with Crippen molar-refractivity contribution in [3.8, 4) is 0 Å². The third kappa shape index (κ3) is 6.75. The average Bonchev–Trinajstić information content (AvgIpc) is 3.13. The van der Waals surface area contributed by atoms with Crippen LogP contribution in [0, 0.1) is 12.7 Å². The van der Waals surface area contributed by atoms with Gasteiger partial charge in [0.1, 0.15) is 16.5 Å². The average molecular weight is 426 g/mol. The fourth-order valence-corrected chi connectivity index (χ4v) is 3.87. The van der Waals surface area contributed by atoms with Gasteiger partial charge in [-0.25, -0.2) is 9.37 Å². The van der Waals surface area contributed by atoms with Gasteiger partial charge in [-0.05, 0) is 51.0 Å². The molecule has 1 aromatic heterocycles. The van der Waals surface area contributed by atoms with Crippen LogP contribution < -0.4 is 5.32 Å². The summed E-state index contributed by atoms with van der Waals surface area (Å²) in [6.45, 7) is 9.93. The van der Waals surface area contributed by atoms with E-state index in [-0.39, 0.29) is 17.3 Å². The third-order valence-electron chi connectivity index (χ3n) is 4.48. The van der Waals surface area contributed by atoms with Crippen LogP contribution in [0.2, 0.25) is 0 Å². The first-order valence-electron chi connectivity index (χ1n) is 9.97. The standard InChI is InChI=1S/C24H28FN3OS/c1-17-5-7-18(8-6-17)13-28(14-19-9-11-20(25)12-10-19)15-22-26-21(16-30-22)23(29)27-24(2,3)4/h5-12,16H,13-15H2,1-4H3,(H,27,29). The van der Waals surface area contributed by atoms with Gasteiger partial charge in [0.25, 0.3) is 5.91 Å². The summed E-state index contributed by atoms with van der Waals surface area (Å²) in [5, 5.41) is 5.63. The van der Waals surface area contributed by atoms with Crippen LogP contribution >= 0.6 is 11.3 Å². The van der Waals surface area contributed by atoms with E-state index in [2.05, 4.69) is 46.4 Å². The highest BCUT2D eigenvalue weighted by Crippen LogP contribution is 2.18. The van der Waals surface area contributed by atoms with Gasteiger partial charge >= 0.3 is 0 Å². The van der Waals surface area contributed by atoms with Crippen LogP contribution in [0.3, 0.4) is 0 Å². The molecule has 1 N–H and O–H groups in total. The van der Waals surface area contributed by atoms with Crippen LogP contribution in [-0.2, 0) is 19.6 Å². The Kier molecular flexibility index (Phi) is 7.00. The van der Waals surface area contributed by atoms with Gasteiger partial charge in [0, 0.05) is 24.0 Å². The molecule has 0 aliphatic heterocycles. The molecule has 0 spiro atoms. The summed E-state index contributed by atoms with van der Waals surface area (Å²) in [7, 11) is 0. The van der Waals surface area contributed by atoms with E-state index in [1.54, 1.807) is 5.38 Å². The van der Waals surface area contributed by atoms with Gasteiger partial charge < -0.3 is 5.32 Å². The first kappa shape index (κ1) is 22.1. The Morgan fingerprint density at radius 3 is 2.13 bits per heavy atom. The Bertz CT molecular complexity index is 927. The van der Waals surface area contributed by atoms with Crippen molar-refractivity contribution in [3.63, 3.8) is 0 Å². The van der Waals surface area contributed by atoms with Crippen molar-refractivity contribution in [2.75, 3.05) is 0 Å². The Balaban J connectivity index is 1.75. The highest BCUT2D eigenvalue weighted by molar-refractivity contribution is 7.09. The largest absolute Gasteiger partial charge is 0.346 e. The lowest BCUT2D eigenvalue weighted by atomic mass is 10.1. The van der Waals surface area contributed by atoms with Gasteiger partial charge in [0.05, 0.1) is 6.54 Å². The molecule has 6 heteroatoms. The third-order valence-corrected chi connectivity index (χ3v) is 5.31. The summed E-state index contributed by atoms with van der Waals surface area (Å²) in [5.74, 6) is -0.396. The second-order valence-corrected chi connectivity index (χ2v) is 9.53. The Labute approximate surface area is 181 Å². The zero-order valence-electron chi connectivity index (χ0n) is 17.9. The van der Waals surface area contributed by atoms with Crippen molar-refractivity contribution in [3.05, 3.63) is 87.1 Å². The molecule has 0 fully saturated rings. The van der Waals surface area contributed by atoms with Gasteiger partial charge in [-0.3, -0.25) is 9.69 Å². The zero-order chi connectivity index (χ0) is 21.7. The monoisotopic (exact) mass is 425 g/mol. The maximum atomic E-state index is 13.3. The van der Waals surface area contributed by atoms with Crippen LogP contribution in [0.1, 0.15) is 53.0 Å². The minimum absolute atomic E-state index is 0.159. The summed E-state index contributed by atoms with van der Waals surface area (Å²) < 4.78 is 13.3. The smallest absolute Gasteiger partial charge is 0.271 e. The summed E-state index contributed by atoms with van der Waals surface area (Å²) >= 11 is 1.48. The van der Waals surface area contributed by atoms with E-state index in [9.17, 15) is 9.18 Å². The van der Waals surface area contributed by atoms with Gasteiger partial charge in [-0.1, -0.05) is 42.0 Å². The molecule has 0 aliphatic carbocycles. The van der Waals surface area contributed by atoms with Crippen molar-refractivity contribution in [1.82, 2.24) is 15.2 Å². The number of halogens is 1. The van der Waals surface area contributed by atoms with Crippen molar-refractivity contribution < 1.29 is 9.18 Å². The number of benzene rings is 2. The molecule has 0 saturated carbocycles. The maximum absolute atomic E-state index is 13.3. The van der Waals surface area contributed by atoms with Crippen molar-refractivity contribution in [2.45, 2.75) is 52.9 Å². The number of hydrogen-bond acceptors (Lipinski definition) is 4. The molecule has 158 valence electrons. The lowest BCUT2D eigenvalue weighted by Crippen LogP contribution is -2.40. The van der Waals surface area contributed by atoms with Crippen LogP contribution in [0.5, 0.6) is 0 Å². The molecule has 1 amide bonds. The topological polar surface area (TPSA) is 45.2 Å². The number of hydrogen-bond donors (Lipinski definition) is 1. The van der Waals surface area contributed by atoms with E-state index in [4.69, 9.17) is 0 Å². The number of carbonyl (C=O) groups excluding carboxylic acids is 1. The lowest BCUT2D eigenvalue weighted by Gasteiger charge is -2.22. The molecule has 4 nitrogen and oxygen atoms in total. The van der Waals surface area contributed by atoms with Gasteiger partial charge in [-0.2, -0.15) is 0 Å². The molecule has 0 radical (unpaired) electrons. The highest BCUT2D eigenvalue weighted by Gasteiger charge is 2.19. The van der Waals surface area contributed by atoms with Crippen molar-refractivity contribution in [2.24, 2.45) is 0 Å². The fourth-order valence-electron chi connectivity index (χ4n) is 3.05. The number of aryl methyl sites for hydroxylation is 1. The number of nitrogens with one attached hydrogen (secondary N) is 1. The molecule has 0 saturated heterocycles. The molecule has 0 aliphatic rings. The predicted molar refractivity (Wildman–Crippen MR) is 120 cm³/mol. The van der Waals surface area contributed by atoms with Gasteiger partial charge in [0.15, 0.2) is 0 Å². The maximum Gasteiger partial charge on any atom is 0.271 e. The first-order valence-corrected chi connectivity index (χ1v) is 10.9. The van der Waals surface area contributed by atoms with Crippen LogP contribution in [0.4, 0.5) is 4.39 Å². The molecular weight excluding hydrogens is 397 g/mol. The summed E-state index contributed by atoms with van der Waals surface area (Å²) in [5.41, 5.74) is 3.59. The predicted octanol–water partition coefficient (Wildman–Crippen LogP) is 5.32. The normalized spacial score (nSPS) is 11.7. The molecule has 3 rings (SSSR count). The summed E-state index contributed by atoms with van der Waals surface area (Å²) in [4.78, 5) is 19.2. The van der Waals surface area contributed by atoms with Gasteiger partial charge in [-0.15, -0.1) is 11.3 Å². The molecule has 3 aromatic rings. The molecule has 1 heterocycles. The first-order chi connectivity index (χ1) is 14.2. The molecular formula is C24H28FN3OS. The highest BCUT2D eigenvalue weighted by atomic mass is 32.1. The Hall–Kier alpha value is -2.57. The minimum atomic E-state index is -0.305. The number of thiazole rings is 1. The number of aromatic nitrogens is 1. The van der Waals surface area contributed by atoms with Crippen molar-refractivity contribution >= 4 is 17.2 Å². The van der Waals surface area contributed by atoms with Gasteiger partial charge in [0.2, 0.25) is 0 Å².